The smallest absolute Gasteiger partial charge is 0.326 e. The van der Waals surface area contributed by atoms with Crippen LogP contribution < -0.4 is 21.3 Å². The number of nitrogens with zero attached hydrogens (tertiary/aromatic N) is 1. The van der Waals surface area contributed by atoms with E-state index < -0.39 is 53.9 Å². The first kappa shape index (κ1) is 40.3. The Labute approximate surface area is 260 Å². The molecule has 0 heterocycles. The number of carbonyl (C=O) groups is 5. The number of hydrogen-bond donors (Lipinski definition) is 5. The molecule has 0 radical (unpaired) electrons. The fourth-order valence-electron chi connectivity index (χ4n) is 5.02. The molecule has 0 unspecified atom stereocenters. The zero-order valence-electron chi connectivity index (χ0n) is 28.7. The number of rotatable bonds is 20. The van der Waals surface area contributed by atoms with E-state index >= 15 is 0 Å². The third-order valence-corrected chi connectivity index (χ3v) is 7.17. The molecule has 0 aliphatic carbocycles. The van der Waals surface area contributed by atoms with Gasteiger partial charge in [-0.3, -0.25) is 19.2 Å². The first-order valence-corrected chi connectivity index (χ1v) is 15.9. The quantitative estimate of drug-likeness (QED) is 0.142. The van der Waals surface area contributed by atoms with Crippen molar-refractivity contribution >= 4 is 29.6 Å². The Balaban J connectivity index is 6.12. The third-order valence-electron chi connectivity index (χ3n) is 7.17. The summed E-state index contributed by atoms with van der Waals surface area (Å²) in [5.41, 5.74) is 0. The van der Waals surface area contributed by atoms with Crippen molar-refractivity contribution in [2.75, 3.05) is 14.1 Å². The van der Waals surface area contributed by atoms with Crippen LogP contribution in [0.4, 0.5) is 0 Å². The van der Waals surface area contributed by atoms with Gasteiger partial charge in [0, 0.05) is 7.05 Å². The van der Waals surface area contributed by atoms with E-state index in [0.29, 0.717) is 25.7 Å². The Hall–Kier alpha value is -2.69. The Kier molecular flexibility index (Phi) is 18.3. The van der Waals surface area contributed by atoms with Gasteiger partial charge < -0.3 is 31.3 Å². The van der Waals surface area contributed by atoms with Gasteiger partial charge in [0.05, 0.1) is 6.04 Å². The van der Waals surface area contributed by atoms with E-state index in [1.54, 1.807) is 7.05 Å². The highest BCUT2D eigenvalue weighted by Gasteiger charge is 2.36. The lowest BCUT2D eigenvalue weighted by atomic mass is 9.97. The van der Waals surface area contributed by atoms with E-state index in [4.69, 9.17) is 0 Å². The molecule has 43 heavy (non-hydrogen) atoms. The van der Waals surface area contributed by atoms with E-state index in [1.807, 2.05) is 69.2 Å². The monoisotopic (exact) mass is 611 g/mol. The predicted molar refractivity (Wildman–Crippen MR) is 170 cm³/mol. The van der Waals surface area contributed by atoms with Gasteiger partial charge in [-0.1, -0.05) is 69.2 Å². The van der Waals surface area contributed by atoms with Crippen molar-refractivity contribution in [3.63, 3.8) is 0 Å². The minimum atomic E-state index is -1.13. The molecule has 0 saturated heterocycles. The molecule has 5 N–H and O–H groups in total. The summed E-state index contributed by atoms with van der Waals surface area (Å²) in [7, 11) is 3.23. The molecule has 11 nitrogen and oxygen atoms in total. The number of carbonyl (C=O) groups excluding carboxylic acids is 4. The molecule has 0 aromatic carbocycles. The summed E-state index contributed by atoms with van der Waals surface area (Å²) < 4.78 is 0. The maximum Gasteiger partial charge on any atom is 0.326 e. The number of carboxylic acid groups (broad SMARTS) is 1. The van der Waals surface area contributed by atoms with E-state index in [0.717, 1.165) is 0 Å². The van der Waals surface area contributed by atoms with Crippen LogP contribution in [0.25, 0.3) is 0 Å². The zero-order valence-corrected chi connectivity index (χ0v) is 28.7. The Morgan fingerprint density at radius 1 is 0.535 bits per heavy atom. The highest BCUT2D eigenvalue weighted by molar-refractivity contribution is 5.95. The van der Waals surface area contributed by atoms with Gasteiger partial charge in [0.2, 0.25) is 23.6 Å². The van der Waals surface area contributed by atoms with Gasteiger partial charge in [-0.15, -0.1) is 0 Å². The number of nitrogens with one attached hydrogen (secondary N) is 4. The lowest BCUT2D eigenvalue weighted by molar-refractivity contribution is -0.146. The molecular weight excluding hydrogens is 550 g/mol. The van der Waals surface area contributed by atoms with Crippen molar-refractivity contribution in [2.24, 2.45) is 29.6 Å². The molecule has 0 aliphatic heterocycles. The number of amides is 4. The fraction of sp³-hybridized carbons (Fsp3) is 0.844. The molecule has 0 bridgehead atoms. The van der Waals surface area contributed by atoms with Gasteiger partial charge in [-0.25, -0.2) is 4.79 Å². The van der Waals surface area contributed by atoms with Crippen molar-refractivity contribution in [1.29, 1.82) is 0 Å². The van der Waals surface area contributed by atoms with Crippen LogP contribution in [-0.4, -0.2) is 83.9 Å². The van der Waals surface area contributed by atoms with Crippen LogP contribution in [0.5, 0.6) is 0 Å². The number of hydrogen-bond acceptors (Lipinski definition) is 6. The maximum atomic E-state index is 13.9. The molecule has 0 fully saturated rings. The summed E-state index contributed by atoms with van der Waals surface area (Å²) in [5, 5.41) is 21.1. The van der Waals surface area contributed by atoms with Crippen LogP contribution in [0.2, 0.25) is 0 Å². The van der Waals surface area contributed by atoms with Gasteiger partial charge in [-0.2, -0.15) is 0 Å². The van der Waals surface area contributed by atoms with E-state index in [1.165, 1.54) is 11.9 Å². The fourth-order valence-corrected chi connectivity index (χ4v) is 5.02. The molecule has 0 aromatic rings. The van der Waals surface area contributed by atoms with E-state index in [-0.39, 0.29) is 41.9 Å². The molecule has 0 rings (SSSR count). The van der Waals surface area contributed by atoms with Gasteiger partial charge >= 0.3 is 5.97 Å². The van der Waals surface area contributed by atoms with Crippen molar-refractivity contribution < 1.29 is 29.1 Å². The van der Waals surface area contributed by atoms with Crippen molar-refractivity contribution in [3.05, 3.63) is 0 Å². The van der Waals surface area contributed by atoms with Crippen LogP contribution in [0.3, 0.4) is 0 Å². The highest BCUT2D eigenvalue weighted by Crippen LogP contribution is 2.17. The van der Waals surface area contributed by atoms with Crippen LogP contribution in [-0.2, 0) is 24.0 Å². The molecule has 0 spiro atoms. The topological polar surface area (TPSA) is 157 Å². The summed E-state index contributed by atoms with van der Waals surface area (Å²) >= 11 is 0. The first-order chi connectivity index (χ1) is 19.8. The molecular formula is C32H61N5O6. The van der Waals surface area contributed by atoms with Crippen molar-refractivity contribution in [1.82, 2.24) is 26.2 Å². The highest BCUT2D eigenvalue weighted by atomic mass is 16.4. The second-order valence-corrected chi connectivity index (χ2v) is 14.0. The predicted octanol–water partition coefficient (Wildman–Crippen LogP) is 3.17. The number of carboxylic acids is 1. The van der Waals surface area contributed by atoms with Crippen LogP contribution in [0.15, 0.2) is 0 Å². The summed E-state index contributed by atoms with van der Waals surface area (Å²) in [6, 6.07) is -4.23. The average Bonchev–Trinajstić information content (AvgIpc) is 2.86. The van der Waals surface area contributed by atoms with Crippen LogP contribution in [0, 0.1) is 29.6 Å². The number of likely N-dealkylation sites (N-methyl/N-ethyl adjacent to an activating group) is 2. The second-order valence-electron chi connectivity index (χ2n) is 14.0. The molecule has 0 saturated carbocycles. The maximum absolute atomic E-state index is 13.9. The van der Waals surface area contributed by atoms with Crippen LogP contribution in [0.1, 0.15) is 101 Å². The second kappa shape index (κ2) is 19.6. The standard InChI is InChI=1S/C32H61N5O6/c1-18(2)13-23(33-11)28(38)34-24(14-19(3)4)29(39)35-25(15-20(5)6)31(41)37(12)27(17-22(9)10)30(40)36-26(32(42)43)16-21(7)8/h18-27,33H,13-17H2,1-12H3,(H,34,38)(H,35,39)(H,36,40)(H,42,43)/t23-,24-,25+,26-,27-/m0/s1. The lowest BCUT2D eigenvalue weighted by Gasteiger charge is -2.34. The zero-order chi connectivity index (χ0) is 33.6. The third kappa shape index (κ3) is 15.6. The molecule has 0 aliphatic rings. The molecule has 4 amide bonds. The number of aliphatic carboxylic acids is 1. The largest absolute Gasteiger partial charge is 0.480 e. The van der Waals surface area contributed by atoms with Gasteiger partial charge in [0.15, 0.2) is 0 Å². The molecule has 250 valence electrons. The van der Waals surface area contributed by atoms with Crippen LogP contribution >= 0.6 is 0 Å². The summed E-state index contributed by atoms with van der Waals surface area (Å²) in [4.78, 5) is 67.1. The summed E-state index contributed by atoms with van der Waals surface area (Å²) in [5.74, 6) is -2.35. The molecule has 5 atom stereocenters. The van der Waals surface area contributed by atoms with E-state index in [9.17, 15) is 29.1 Å². The average molecular weight is 612 g/mol. The van der Waals surface area contributed by atoms with Crippen molar-refractivity contribution in [2.45, 2.75) is 132 Å². The minimum Gasteiger partial charge on any atom is -0.480 e. The molecule has 0 aromatic heterocycles. The Morgan fingerprint density at radius 2 is 0.884 bits per heavy atom. The van der Waals surface area contributed by atoms with Crippen molar-refractivity contribution in [3.8, 4) is 0 Å². The van der Waals surface area contributed by atoms with Gasteiger partial charge in [-0.05, 0) is 68.7 Å². The van der Waals surface area contributed by atoms with Gasteiger partial charge in [0.1, 0.15) is 24.2 Å². The lowest BCUT2D eigenvalue weighted by Crippen LogP contribution is -2.59. The minimum absolute atomic E-state index is 0.0362. The Bertz CT molecular complexity index is 905. The first-order valence-electron chi connectivity index (χ1n) is 15.9. The van der Waals surface area contributed by atoms with Gasteiger partial charge in [0.25, 0.3) is 0 Å². The molecule has 11 heteroatoms. The Morgan fingerprint density at radius 3 is 1.30 bits per heavy atom. The normalized spacial score (nSPS) is 15.3. The summed E-state index contributed by atoms with van der Waals surface area (Å²) in [6.07, 6.45) is 1.89. The summed E-state index contributed by atoms with van der Waals surface area (Å²) in [6.45, 7) is 19.4. The SMILES string of the molecule is CN[C@@H](CC(C)C)C(=O)N[C@@H](CC(C)C)C(=O)N[C@H](CC(C)C)C(=O)N(C)[C@@H](CC(C)C)C(=O)N[C@@H](CC(C)C)C(=O)O. The van der Waals surface area contributed by atoms with E-state index in [2.05, 4.69) is 21.3 Å².